The van der Waals surface area contributed by atoms with E-state index in [1.165, 1.54) is 0 Å². The van der Waals surface area contributed by atoms with Crippen molar-refractivity contribution in [2.45, 2.75) is 12.5 Å². The summed E-state index contributed by atoms with van der Waals surface area (Å²) in [4.78, 5) is 27.0. The van der Waals surface area contributed by atoms with Gasteiger partial charge >= 0.3 is 0 Å². The van der Waals surface area contributed by atoms with Crippen molar-refractivity contribution in [3.8, 4) is 5.69 Å². The van der Waals surface area contributed by atoms with Crippen molar-refractivity contribution in [1.82, 2.24) is 20.0 Å². The van der Waals surface area contributed by atoms with E-state index < -0.39 is 6.04 Å². The molecule has 0 spiro atoms. The molecule has 1 N–H and O–H groups in total. The molecule has 0 saturated carbocycles. The van der Waals surface area contributed by atoms with E-state index in [-0.39, 0.29) is 11.8 Å². The van der Waals surface area contributed by atoms with Gasteiger partial charge < -0.3 is 10.2 Å². The third kappa shape index (κ3) is 4.51. The van der Waals surface area contributed by atoms with Gasteiger partial charge in [-0.3, -0.25) is 9.59 Å². The molecule has 29 heavy (non-hydrogen) atoms. The first-order valence-corrected chi connectivity index (χ1v) is 10.7. The molecule has 1 aromatic heterocycles. The van der Waals surface area contributed by atoms with Gasteiger partial charge in [0.1, 0.15) is 6.04 Å². The van der Waals surface area contributed by atoms with Crippen LogP contribution in [0.1, 0.15) is 15.9 Å². The maximum atomic E-state index is 12.7. The molecular formula is C22H22N4O2S. The average Bonchev–Trinajstić information content (AvgIpc) is 3.46. The molecule has 1 saturated heterocycles. The molecule has 4 rings (SSSR count). The Kier molecular flexibility index (Phi) is 5.95. The predicted molar refractivity (Wildman–Crippen MR) is 114 cm³/mol. The molecular weight excluding hydrogens is 384 g/mol. The fraction of sp³-hybridized carbons (Fsp3) is 0.227. The Labute approximate surface area is 173 Å². The smallest absolute Gasteiger partial charge is 0.255 e. The summed E-state index contributed by atoms with van der Waals surface area (Å²) in [6.45, 7) is 0.536. The molecule has 1 aliphatic rings. The molecule has 1 aliphatic heterocycles. The summed E-state index contributed by atoms with van der Waals surface area (Å²) in [5.74, 6) is 0.987. The second-order valence-electron chi connectivity index (χ2n) is 6.81. The van der Waals surface area contributed by atoms with E-state index in [2.05, 4.69) is 10.4 Å². The quantitative estimate of drug-likeness (QED) is 0.684. The second-order valence-corrected chi connectivity index (χ2v) is 7.81. The lowest BCUT2D eigenvalue weighted by Crippen LogP contribution is -2.47. The third-order valence-corrected chi connectivity index (χ3v) is 5.90. The van der Waals surface area contributed by atoms with Crippen LogP contribution in [0.3, 0.4) is 0 Å². The van der Waals surface area contributed by atoms with Crippen LogP contribution in [0.5, 0.6) is 0 Å². The Morgan fingerprint density at radius 1 is 1.07 bits per heavy atom. The van der Waals surface area contributed by atoms with Crippen molar-refractivity contribution < 1.29 is 9.59 Å². The van der Waals surface area contributed by atoms with Crippen LogP contribution in [0.25, 0.3) is 5.69 Å². The highest BCUT2D eigenvalue weighted by Gasteiger charge is 2.34. The van der Waals surface area contributed by atoms with Crippen LogP contribution >= 0.6 is 11.8 Å². The van der Waals surface area contributed by atoms with Gasteiger partial charge in [0.05, 0.1) is 11.6 Å². The zero-order valence-corrected chi connectivity index (χ0v) is 16.7. The first kappa shape index (κ1) is 19.3. The number of aromatic nitrogens is 2. The van der Waals surface area contributed by atoms with Crippen molar-refractivity contribution in [3.63, 3.8) is 0 Å². The number of nitrogens with one attached hydrogen (secondary N) is 1. The van der Waals surface area contributed by atoms with Crippen LogP contribution < -0.4 is 5.32 Å². The minimum Gasteiger partial charge on any atom is -0.354 e. The molecule has 148 valence electrons. The van der Waals surface area contributed by atoms with Crippen molar-refractivity contribution in [2.75, 3.05) is 18.2 Å². The molecule has 2 amide bonds. The van der Waals surface area contributed by atoms with Gasteiger partial charge in [-0.25, -0.2) is 4.68 Å². The van der Waals surface area contributed by atoms with Crippen molar-refractivity contribution in [2.24, 2.45) is 0 Å². The lowest BCUT2D eigenvalue weighted by molar-refractivity contribution is -0.124. The molecule has 3 aromatic rings. The first-order valence-electron chi connectivity index (χ1n) is 9.53. The van der Waals surface area contributed by atoms with Crippen LogP contribution in [0.4, 0.5) is 0 Å². The molecule has 2 heterocycles. The summed E-state index contributed by atoms with van der Waals surface area (Å²) < 4.78 is 1.81. The Morgan fingerprint density at radius 3 is 2.59 bits per heavy atom. The average molecular weight is 407 g/mol. The summed E-state index contributed by atoms with van der Waals surface area (Å²) in [6, 6.07) is 18.7. The van der Waals surface area contributed by atoms with Crippen molar-refractivity contribution in [1.29, 1.82) is 0 Å². The monoisotopic (exact) mass is 406 g/mol. The predicted octanol–water partition coefficient (Wildman–Crippen LogP) is 2.75. The normalized spacial score (nSPS) is 16.0. The Balaban J connectivity index is 1.30. The lowest BCUT2D eigenvalue weighted by atomic mass is 10.1. The van der Waals surface area contributed by atoms with E-state index in [0.29, 0.717) is 23.7 Å². The summed E-state index contributed by atoms with van der Waals surface area (Å²) in [6.07, 6.45) is 4.38. The number of rotatable bonds is 6. The molecule has 0 radical (unpaired) electrons. The number of carbonyl (C=O) groups excluding carboxylic acids is 2. The molecule has 1 atom stereocenters. The Bertz CT molecular complexity index is 958. The topological polar surface area (TPSA) is 67.2 Å². The van der Waals surface area contributed by atoms with Gasteiger partial charge in [0, 0.05) is 30.3 Å². The fourth-order valence-corrected chi connectivity index (χ4v) is 4.45. The molecule has 6 nitrogen and oxygen atoms in total. The molecule has 1 fully saturated rings. The maximum Gasteiger partial charge on any atom is 0.255 e. The third-order valence-electron chi connectivity index (χ3n) is 4.88. The zero-order valence-electron chi connectivity index (χ0n) is 15.9. The second kappa shape index (κ2) is 8.96. The SMILES string of the molecule is O=C(NCCc1ccc(-n2cccn2)cc1)[C@@H]1CSCN1C(=O)c1ccccc1. The summed E-state index contributed by atoms with van der Waals surface area (Å²) in [5, 5.41) is 7.20. The highest BCUT2D eigenvalue weighted by Crippen LogP contribution is 2.23. The van der Waals surface area contributed by atoms with Crippen LogP contribution in [0, 0.1) is 0 Å². The fourth-order valence-electron chi connectivity index (χ4n) is 3.29. The van der Waals surface area contributed by atoms with E-state index in [0.717, 1.165) is 17.7 Å². The van der Waals surface area contributed by atoms with Gasteiger partial charge in [-0.15, -0.1) is 11.8 Å². The lowest BCUT2D eigenvalue weighted by Gasteiger charge is -2.23. The van der Waals surface area contributed by atoms with Gasteiger partial charge in [0.25, 0.3) is 5.91 Å². The maximum absolute atomic E-state index is 12.7. The van der Waals surface area contributed by atoms with E-state index >= 15 is 0 Å². The number of hydrogen-bond acceptors (Lipinski definition) is 4. The molecule has 0 unspecified atom stereocenters. The van der Waals surface area contributed by atoms with Gasteiger partial charge in [0.15, 0.2) is 0 Å². The minimum absolute atomic E-state index is 0.0903. The van der Waals surface area contributed by atoms with Crippen molar-refractivity contribution >= 4 is 23.6 Å². The number of hydrogen-bond donors (Lipinski definition) is 1. The van der Waals surface area contributed by atoms with Crippen molar-refractivity contribution in [3.05, 3.63) is 84.2 Å². The standard InChI is InChI=1S/C22H22N4O2S/c27-21(20-15-29-16-25(20)22(28)18-5-2-1-3-6-18)23-13-11-17-7-9-19(10-8-17)26-14-4-12-24-26/h1-10,12,14,20H,11,13,15-16H2,(H,23,27)/t20-/m0/s1. The summed E-state index contributed by atoms with van der Waals surface area (Å²) >= 11 is 1.61. The zero-order chi connectivity index (χ0) is 20.1. The molecule has 2 aromatic carbocycles. The number of carbonyl (C=O) groups is 2. The highest BCUT2D eigenvalue weighted by atomic mass is 32.2. The minimum atomic E-state index is -0.421. The number of benzene rings is 2. The summed E-state index contributed by atoms with van der Waals surface area (Å²) in [5.41, 5.74) is 2.75. The Morgan fingerprint density at radius 2 is 1.86 bits per heavy atom. The first-order chi connectivity index (χ1) is 14.2. The number of nitrogens with zero attached hydrogens (tertiary/aromatic N) is 3. The largest absolute Gasteiger partial charge is 0.354 e. The van der Waals surface area contributed by atoms with E-state index in [9.17, 15) is 9.59 Å². The highest BCUT2D eigenvalue weighted by molar-refractivity contribution is 7.99. The van der Waals surface area contributed by atoms with Crippen LogP contribution in [-0.2, 0) is 11.2 Å². The van der Waals surface area contributed by atoms with E-state index in [1.807, 2.05) is 59.4 Å². The molecule has 0 aliphatic carbocycles. The van der Waals surface area contributed by atoms with E-state index in [4.69, 9.17) is 0 Å². The summed E-state index contributed by atoms with van der Waals surface area (Å²) in [7, 11) is 0. The van der Waals surface area contributed by atoms with Crippen LogP contribution in [0.2, 0.25) is 0 Å². The molecule has 7 heteroatoms. The van der Waals surface area contributed by atoms with Gasteiger partial charge in [-0.05, 0) is 42.3 Å². The molecule has 0 bridgehead atoms. The van der Waals surface area contributed by atoms with Gasteiger partial charge in [0.2, 0.25) is 5.91 Å². The van der Waals surface area contributed by atoms with Gasteiger partial charge in [-0.1, -0.05) is 30.3 Å². The van der Waals surface area contributed by atoms with E-state index in [1.54, 1.807) is 35.0 Å². The van der Waals surface area contributed by atoms with Gasteiger partial charge in [-0.2, -0.15) is 5.10 Å². The Hall–Kier alpha value is -3.06. The number of thioether (sulfide) groups is 1. The van der Waals surface area contributed by atoms with Crippen LogP contribution in [0.15, 0.2) is 73.1 Å². The number of amides is 2. The van der Waals surface area contributed by atoms with Crippen LogP contribution in [-0.4, -0.2) is 50.7 Å².